The van der Waals surface area contributed by atoms with Gasteiger partial charge >= 0.3 is 0 Å². The second kappa shape index (κ2) is 5.95. The van der Waals surface area contributed by atoms with Gasteiger partial charge in [-0.05, 0) is 37.4 Å². The number of aryl methyl sites for hydroxylation is 2. The van der Waals surface area contributed by atoms with Gasteiger partial charge < -0.3 is 10.6 Å². The molecule has 1 amide bonds. The van der Waals surface area contributed by atoms with Crippen LogP contribution in [0.4, 0.5) is 5.69 Å². The Morgan fingerprint density at radius 3 is 3.14 bits per heavy atom. The summed E-state index contributed by atoms with van der Waals surface area (Å²) in [4.78, 5) is 19.1. The van der Waals surface area contributed by atoms with E-state index in [0.717, 1.165) is 42.1 Å². The average molecular weight is 301 g/mol. The number of para-hydroxylation sites is 1. The highest BCUT2D eigenvalue weighted by Crippen LogP contribution is 2.31. The molecule has 0 atom stereocenters. The van der Waals surface area contributed by atoms with Crippen LogP contribution >= 0.6 is 11.3 Å². The number of rotatable bonds is 3. The minimum absolute atomic E-state index is 0.00442. The standard InChI is InChI=1S/C16H19N3OS/c1-11-4-2-5-12-6-3-9-19(15(11)12)16(20)13-10-21-14(18-13)7-8-17/h2,4-5,10H,3,6-9,17H2,1H3. The molecule has 0 bridgehead atoms. The molecule has 1 aliphatic heterocycles. The van der Waals surface area contributed by atoms with Crippen molar-refractivity contribution in [2.45, 2.75) is 26.2 Å². The fourth-order valence-corrected chi connectivity index (χ4v) is 3.62. The van der Waals surface area contributed by atoms with Crippen LogP contribution in [0.15, 0.2) is 23.6 Å². The number of amides is 1. The first-order valence-corrected chi connectivity index (χ1v) is 8.13. The molecule has 5 heteroatoms. The van der Waals surface area contributed by atoms with Crippen LogP contribution in [0.1, 0.15) is 33.0 Å². The molecule has 4 nitrogen and oxygen atoms in total. The molecule has 2 N–H and O–H groups in total. The van der Waals surface area contributed by atoms with Crippen molar-refractivity contribution in [1.29, 1.82) is 0 Å². The van der Waals surface area contributed by atoms with E-state index < -0.39 is 0 Å². The van der Waals surface area contributed by atoms with Gasteiger partial charge in [-0.3, -0.25) is 4.79 Å². The number of carbonyl (C=O) groups is 1. The molecular weight excluding hydrogens is 282 g/mol. The van der Waals surface area contributed by atoms with Crippen molar-refractivity contribution in [1.82, 2.24) is 4.98 Å². The number of nitrogens with two attached hydrogens (primary N) is 1. The van der Waals surface area contributed by atoms with Crippen LogP contribution in [0.2, 0.25) is 0 Å². The second-order valence-corrected chi connectivity index (χ2v) is 6.25. The van der Waals surface area contributed by atoms with Crippen molar-refractivity contribution in [2.24, 2.45) is 5.73 Å². The molecule has 1 aromatic carbocycles. The summed E-state index contributed by atoms with van der Waals surface area (Å²) in [5.41, 5.74) is 9.56. The van der Waals surface area contributed by atoms with Crippen LogP contribution in [-0.2, 0) is 12.8 Å². The quantitative estimate of drug-likeness (QED) is 0.948. The van der Waals surface area contributed by atoms with Gasteiger partial charge in [-0.1, -0.05) is 18.2 Å². The van der Waals surface area contributed by atoms with Crippen LogP contribution in [0, 0.1) is 6.92 Å². The summed E-state index contributed by atoms with van der Waals surface area (Å²) in [6.07, 6.45) is 2.77. The van der Waals surface area contributed by atoms with E-state index in [1.165, 1.54) is 16.9 Å². The van der Waals surface area contributed by atoms with Gasteiger partial charge in [0.2, 0.25) is 0 Å². The maximum Gasteiger partial charge on any atom is 0.277 e. The Kier molecular flexibility index (Phi) is 4.03. The number of benzene rings is 1. The third-order valence-corrected chi connectivity index (χ3v) is 4.70. The highest BCUT2D eigenvalue weighted by atomic mass is 32.1. The van der Waals surface area contributed by atoms with Gasteiger partial charge in [0.1, 0.15) is 5.69 Å². The molecule has 0 fully saturated rings. The molecule has 1 aromatic heterocycles. The van der Waals surface area contributed by atoms with Crippen LogP contribution in [-0.4, -0.2) is 24.0 Å². The zero-order chi connectivity index (χ0) is 14.8. The minimum atomic E-state index is 0.00442. The summed E-state index contributed by atoms with van der Waals surface area (Å²) in [5, 5.41) is 2.78. The van der Waals surface area contributed by atoms with E-state index >= 15 is 0 Å². The number of fused-ring (bicyclic) bond motifs is 1. The summed E-state index contributed by atoms with van der Waals surface area (Å²) in [7, 11) is 0. The molecule has 2 aromatic rings. The Morgan fingerprint density at radius 1 is 1.48 bits per heavy atom. The topological polar surface area (TPSA) is 59.2 Å². The molecule has 0 radical (unpaired) electrons. The minimum Gasteiger partial charge on any atom is -0.330 e. The number of anilines is 1. The van der Waals surface area contributed by atoms with E-state index in [4.69, 9.17) is 5.73 Å². The zero-order valence-corrected chi connectivity index (χ0v) is 12.9. The monoisotopic (exact) mass is 301 g/mol. The Labute approximate surface area is 128 Å². The third-order valence-electron chi connectivity index (χ3n) is 3.79. The molecule has 3 rings (SSSR count). The summed E-state index contributed by atoms with van der Waals surface area (Å²) in [5.74, 6) is 0.00442. The highest BCUT2D eigenvalue weighted by Gasteiger charge is 2.26. The maximum absolute atomic E-state index is 12.8. The summed E-state index contributed by atoms with van der Waals surface area (Å²) in [6, 6.07) is 6.23. The van der Waals surface area contributed by atoms with Gasteiger partial charge in [-0.25, -0.2) is 4.98 Å². The molecule has 0 saturated heterocycles. The molecule has 2 heterocycles. The Balaban J connectivity index is 1.92. The van der Waals surface area contributed by atoms with Gasteiger partial charge in [-0.15, -0.1) is 11.3 Å². The normalized spacial score (nSPS) is 14.1. The fourth-order valence-electron chi connectivity index (χ4n) is 2.84. The lowest BCUT2D eigenvalue weighted by molar-refractivity contribution is 0.0980. The van der Waals surface area contributed by atoms with Crippen LogP contribution in [0.5, 0.6) is 0 Å². The van der Waals surface area contributed by atoms with E-state index in [1.807, 2.05) is 10.3 Å². The molecule has 0 unspecified atom stereocenters. The maximum atomic E-state index is 12.8. The first kappa shape index (κ1) is 14.2. The van der Waals surface area contributed by atoms with Crippen molar-refractivity contribution in [2.75, 3.05) is 18.0 Å². The number of thiazole rings is 1. The number of aromatic nitrogens is 1. The van der Waals surface area contributed by atoms with Gasteiger partial charge in [0.05, 0.1) is 10.7 Å². The number of hydrogen-bond donors (Lipinski definition) is 1. The van der Waals surface area contributed by atoms with E-state index in [0.29, 0.717) is 12.2 Å². The first-order chi connectivity index (χ1) is 10.2. The second-order valence-electron chi connectivity index (χ2n) is 5.31. The smallest absolute Gasteiger partial charge is 0.277 e. The lowest BCUT2D eigenvalue weighted by Gasteiger charge is -2.30. The third kappa shape index (κ3) is 2.71. The van der Waals surface area contributed by atoms with E-state index in [9.17, 15) is 4.79 Å². The Bertz CT molecular complexity index is 665. The lowest BCUT2D eigenvalue weighted by Crippen LogP contribution is -2.36. The van der Waals surface area contributed by atoms with Crippen molar-refractivity contribution in [3.05, 3.63) is 45.4 Å². The van der Waals surface area contributed by atoms with E-state index in [-0.39, 0.29) is 5.91 Å². The number of nitrogens with zero attached hydrogens (tertiary/aromatic N) is 2. The Morgan fingerprint density at radius 2 is 2.33 bits per heavy atom. The predicted molar refractivity (Wildman–Crippen MR) is 86.0 cm³/mol. The highest BCUT2D eigenvalue weighted by molar-refractivity contribution is 7.09. The van der Waals surface area contributed by atoms with Crippen LogP contribution in [0.3, 0.4) is 0 Å². The van der Waals surface area contributed by atoms with E-state index in [1.54, 1.807) is 0 Å². The summed E-state index contributed by atoms with van der Waals surface area (Å²) < 4.78 is 0. The van der Waals surface area contributed by atoms with E-state index in [2.05, 4.69) is 30.1 Å². The van der Waals surface area contributed by atoms with Crippen molar-refractivity contribution >= 4 is 22.9 Å². The SMILES string of the molecule is Cc1cccc2c1N(C(=O)c1csc(CCN)n1)CCC2. The fraction of sp³-hybridized carbons (Fsp3) is 0.375. The van der Waals surface area contributed by atoms with Crippen LogP contribution in [0.25, 0.3) is 0 Å². The number of hydrogen-bond acceptors (Lipinski definition) is 4. The predicted octanol–water partition coefficient (Wildman–Crippen LogP) is 2.55. The van der Waals surface area contributed by atoms with Crippen LogP contribution < -0.4 is 10.6 Å². The first-order valence-electron chi connectivity index (χ1n) is 7.25. The number of carbonyl (C=O) groups excluding carboxylic acids is 1. The van der Waals surface area contributed by atoms with Crippen molar-refractivity contribution < 1.29 is 4.79 Å². The summed E-state index contributed by atoms with van der Waals surface area (Å²) >= 11 is 1.51. The largest absolute Gasteiger partial charge is 0.330 e. The average Bonchev–Trinajstić information content (AvgIpc) is 2.95. The van der Waals surface area contributed by atoms with Gasteiger partial charge in [0.25, 0.3) is 5.91 Å². The molecule has 0 spiro atoms. The molecule has 1 aliphatic rings. The van der Waals surface area contributed by atoms with Crippen molar-refractivity contribution in [3.8, 4) is 0 Å². The molecule has 0 aliphatic carbocycles. The zero-order valence-electron chi connectivity index (χ0n) is 12.1. The molecule has 21 heavy (non-hydrogen) atoms. The Hall–Kier alpha value is -1.72. The lowest BCUT2D eigenvalue weighted by atomic mass is 9.98. The summed E-state index contributed by atoms with van der Waals surface area (Å²) in [6.45, 7) is 3.39. The van der Waals surface area contributed by atoms with Gasteiger partial charge in [0, 0.05) is 18.3 Å². The molecule has 0 saturated carbocycles. The van der Waals surface area contributed by atoms with Gasteiger partial charge in [-0.2, -0.15) is 0 Å². The molecule has 110 valence electrons. The van der Waals surface area contributed by atoms with Gasteiger partial charge in [0.15, 0.2) is 0 Å². The molecular formula is C16H19N3OS. The van der Waals surface area contributed by atoms with Crippen molar-refractivity contribution in [3.63, 3.8) is 0 Å².